The first-order valence-corrected chi connectivity index (χ1v) is 6.20. The number of unbranched alkanes of at least 4 members (excludes halogenated alkanes) is 1. The Hall–Kier alpha value is -0.160. The van der Waals surface area contributed by atoms with Gasteiger partial charge in [0.2, 0.25) is 0 Å². The van der Waals surface area contributed by atoms with Crippen molar-refractivity contribution in [3.63, 3.8) is 0 Å². The zero-order chi connectivity index (χ0) is 12.4. The Bertz CT molecular complexity index is 163. The molecule has 0 aromatic heterocycles. The molecule has 0 amide bonds. The van der Waals surface area contributed by atoms with Gasteiger partial charge in [-0.25, -0.2) is 0 Å². The van der Waals surface area contributed by atoms with Crippen molar-refractivity contribution >= 4 is 0 Å². The van der Waals surface area contributed by atoms with Gasteiger partial charge in [-0.3, -0.25) is 0 Å². The maximum absolute atomic E-state index is 9.70. The summed E-state index contributed by atoms with van der Waals surface area (Å²) in [7, 11) is 2.10. The molecule has 0 bridgehead atoms. The number of nitrogens with zero attached hydrogens (tertiary/aromatic N) is 1. The molecule has 0 radical (unpaired) electrons. The molecule has 0 spiro atoms. The van der Waals surface area contributed by atoms with Crippen LogP contribution in [0.3, 0.4) is 0 Å². The molecule has 0 heterocycles. The van der Waals surface area contributed by atoms with Gasteiger partial charge in [-0.1, -0.05) is 0 Å². The number of likely N-dealkylation sites (N-methyl/N-ethyl adjacent to an activating group) is 1. The molecule has 0 aromatic rings. The first kappa shape index (κ1) is 15.8. The van der Waals surface area contributed by atoms with Crippen LogP contribution in [0.4, 0.5) is 0 Å². The summed E-state index contributed by atoms with van der Waals surface area (Å²) in [4.78, 5) is 2.26. The number of rotatable bonds is 10. The van der Waals surface area contributed by atoms with Crippen LogP contribution >= 0.6 is 0 Å². The third kappa shape index (κ3) is 9.09. The Kier molecular flexibility index (Phi) is 8.84. The van der Waals surface area contributed by atoms with Crippen molar-refractivity contribution in [2.24, 2.45) is 5.73 Å². The van der Waals surface area contributed by atoms with Gasteiger partial charge in [0.15, 0.2) is 0 Å². The average molecular weight is 232 g/mol. The highest BCUT2D eigenvalue weighted by molar-refractivity contribution is 4.72. The molecule has 4 heteroatoms. The fourth-order valence-electron chi connectivity index (χ4n) is 1.47. The molecule has 0 saturated heterocycles. The van der Waals surface area contributed by atoms with E-state index in [1.807, 2.05) is 6.92 Å². The van der Waals surface area contributed by atoms with Crippen LogP contribution in [0.5, 0.6) is 0 Å². The van der Waals surface area contributed by atoms with Crippen molar-refractivity contribution in [3.05, 3.63) is 0 Å². The lowest BCUT2D eigenvalue weighted by Gasteiger charge is -2.21. The van der Waals surface area contributed by atoms with Gasteiger partial charge in [-0.05, 0) is 46.7 Å². The minimum Gasteiger partial charge on any atom is -0.389 e. The van der Waals surface area contributed by atoms with Crippen LogP contribution in [0.2, 0.25) is 0 Å². The summed E-state index contributed by atoms with van der Waals surface area (Å²) >= 11 is 0. The number of nitrogens with two attached hydrogens (primary N) is 1. The molecule has 0 fully saturated rings. The lowest BCUT2D eigenvalue weighted by atomic mass is 9.99. The van der Waals surface area contributed by atoms with Crippen molar-refractivity contribution in [2.45, 2.75) is 38.7 Å². The summed E-state index contributed by atoms with van der Waals surface area (Å²) in [6, 6.07) is 0. The Labute approximate surface area is 99.8 Å². The summed E-state index contributed by atoms with van der Waals surface area (Å²) in [5.41, 5.74) is 4.76. The summed E-state index contributed by atoms with van der Waals surface area (Å²) in [6.45, 7) is 7.75. The monoisotopic (exact) mass is 232 g/mol. The van der Waals surface area contributed by atoms with Crippen LogP contribution in [0.15, 0.2) is 0 Å². The minimum atomic E-state index is -0.691. The highest BCUT2D eigenvalue weighted by Crippen LogP contribution is 2.11. The van der Waals surface area contributed by atoms with E-state index in [0.717, 1.165) is 45.6 Å². The molecule has 0 rings (SSSR count). The van der Waals surface area contributed by atoms with E-state index in [0.29, 0.717) is 6.54 Å². The van der Waals surface area contributed by atoms with E-state index in [9.17, 15) is 5.11 Å². The van der Waals surface area contributed by atoms with Gasteiger partial charge in [-0.2, -0.15) is 0 Å². The van der Waals surface area contributed by atoms with Crippen molar-refractivity contribution < 1.29 is 9.84 Å². The van der Waals surface area contributed by atoms with Gasteiger partial charge in [0.25, 0.3) is 0 Å². The Morgan fingerprint density at radius 3 is 2.56 bits per heavy atom. The lowest BCUT2D eigenvalue weighted by molar-refractivity contribution is 0.0561. The van der Waals surface area contributed by atoms with Crippen LogP contribution in [0.25, 0.3) is 0 Å². The van der Waals surface area contributed by atoms with Gasteiger partial charge >= 0.3 is 0 Å². The third-order valence-electron chi connectivity index (χ3n) is 2.77. The van der Waals surface area contributed by atoms with Gasteiger partial charge in [0.05, 0.1) is 12.2 Å². The smallest absolute Gasteiger partial charge is 0.0741 e. The maximum Gasteiger partial charge on any atom is 0.0741 e. The second-order valence-corrected chi connectivity index (χ2v) is 4.66. The molecule has 1 atom stereocenters. The largest absolute Gasteiger partial charge is 0.389 e. The molecule has 1 unspecified atom stereocenters. The summed E-state index contributed by atoms with van der Waals surface area (Å²) < 4.78 is 5.28. The molecular formula is C12H28N2O2. The van der Waals surface area contributed by atoms with E-state index in [2.05, 4.69) is 11.9 Å². The predicted octanol–water partition coefficient (Wildman–Crippen LogP) is 0.835. The second kappa shape index (κ2) is 8.93. The second-order valence-electron chi connectivity index (χ2n) is 4.66. The van der Waals surface area contributed by atoms with Gasteiger partial charge in [-0.15, -0.1) is 0 Å². The summed E-state index contributed by atoms with van der Waals surface area (Å²) in [5.74, 6) is 0. The van der Waals surface area contributed by atoms with Crippen molar-refractivity contribution in [1.82, 2.24) is 4.90 Å². The van der Waals surface area contributed by atoms with E-state index >= 15 is 0 Å². The molecule has 0 saturated carbocycles. The first-order valence-electron chi connectivity index (χ1n) is 6.20. The molecule has 0 aliphatic rings. The van der Waals surface area contributed by atoms with Gasteiger partial charge < -0.3 is 20.5 Å². The lowest BCUT2D eigenvalue weighted by Crippen LogP contribution is -2.34. The van der Waals surface area contributed by atoms with E-state index in [-0.39, 0.29) is 0 Å². The topological polar surface area (TPSA) is 58.7 Å². The van der Waals surface area contributed by atoms with Crippen LogP contribution in [0.1, 0.15) is 33.1 Å². The normalized spacial score (nSPS) is 15.4. The molecule has 16 heavy (non-hydrogen) atoms. The predicted molar refractivity (Wildman–Crippen MR) is 67.5 cm³/mol. The van der Waals surface area contributed by atoms with E-state index in [1.165, 1.54) is 0 Å². The van der Waals surface area contributed by atoms with Crippen molar-refractivity contribution in [1.29, 1.82) is 0 Å². The highest BCUT2D eigenvalue weighted by Gasteiger charge is 2.16. The SMILES string of the molecule is CCOCCN(C)CCCCC(C)(O)CN. The Balaban J connectivity index is 3.37. The molecule has 4 nitrogen and oxygen atoms in total. The fourth-order valence-corrected chi connectivity index (χ4v) is 1.47. The summed E-state index contributed by atoms with van der Waals surface area (Å²) in [5, 5.41) is 9.70. The molecule has 0 aliphatic heterocycles. The Morgan fingerprint density at radius 2 is 2.00 bits per heavy atom. The van der Waals surface area contributed by atoms with E-state index < -0.39 is 5.60 Å². The van der Waals surface area contributed by atoms with Gasteiger partial charge in [0, 0.05) is 19.7 Å². The summed E-state index contributed by atoms with van der Waals surface area (Å²) in [6.07, 6.45) is 2.89. The third-order valence-corrected chi connectivity index (χ3v) is 2.77. The standard InChI is InChI=1S/C12H28N2O2/c1-4-16-10-9-14(3)8-6-5-7-12(2,15)11-13/h15H,4-11,13H2,1-3H3. The van der Waals surface area contributed by atoms with Gasteiger partial charge in [0.1, 0.15) is 0 Å². The van der Waals surface area contributed by atoms with E-state index in [1.54, 1.807) is 6.92 Å². The molecular weight excluding hydrogens is 204 g/mol. The fraction of sp³-hybridized carbons (Fsp3) is 1.00. The average Bonchev–Trinajstić information content (AvgIpc) is 2.25. The van der Waals surface area contributed by atoms with Crippen LogP contribution in [-0.4, -0.2) is 55.5 Å². The highest BCUT2D eigenvalue weighted by atomic mass is 16.5. The Morgan fingerprint density at radius 1 is 1.31 bits per heavy atom. The number of hydrogen-bond acceptors (Lipinski definition) is 4. The zero-order valence-electron chi connectivity index (χ0n) is 11.0. The number of aliphatic hydroxyl groups is 1. The van der Waals surface area contributed by atoms with Crippen LogP contribution in [0, 0.1) is 0 Å². The minimum absolute atomic E-state index is 0.340. The van der Waals surface area contributed by atoms with Crippen molar-refractivity contribution in [2.75, 3.05) is 39.9 Å². The maximum atomic E-state index is 9.70. The van der Waals surface area contributed by atoms with Crippen LogP contribution in [-0.2, 0) is 4.74 Å². The molecule has 98 valence electrons. The quantitative estimate of drug-likeness (QED) is 0.548. The zero-order valence-corrected chi connectivity index (χ0v) is 11.0. The van der Waals surface area contributed by atoms with E-state index in [4.69, 9.17) is 10.5 Å². The number of hydrogen-bond donors (Lipinski definition) is 2. The molecule has 0 aromatic carbocycles. The van der Waals surface area contributed by atoms with Crippen LogP contribution < -0.4 is 5.73 Å². The molecule has 3 N–H and O–H groups in total. The van der Waals surface area contributed by atoms with Crippen molar-refractivity contribution in [3.8, 4) is 0 Å². The number of ether oxygens (including phenoxy) is 1. The molecule has 0 aliphatic carbocycles. The first-order chi connectivity index (χ1) is 7.52.